The molecule has 0 saturated carbocycles. The summed E-state index contributed by atoms with van der Waals surface area (Å²) >= 11 is 0. The van der Waals surface area contributed by atoms with Crippen LogP contribution in [-0.2, 0) is 16.0 Å². The average Bonchev–Trinajstić information content (AvgIpc) is 3.88. The van der Waals surface area contributed by atoms with Crippen molar-refractivity contribution in [3.63, 3.8) is 0 Å². The van der Waals surface area contributed by atoms with E-state index in [2.05, 4.69) is 51.3 Å². The predicted octanol–water partition coefficient (Wildman–Crippen LogP) is 6.49. The van der Waals surface area contributed by atoms with Gasteiger partial charge in [0.25, 0.3) is 0 Å². The number of fused-ring (bicyclic) bond motifs is 4. The highest BCUT2D eigenvalue weighted by molar-refractivity contribution is 6.01. The summed E-state index contributed by atoms with van der Waals surface area (Å²) in [5, 5.41) is 23.7. The number of nitrogens with zero attached hydrogens (tertiary/aromatic N) is 7. The van der Waals surface area contributed by atoms with Crippen LogP contribution in [0, 0.1) is 29.5 Å². The zero-order valence-corrected chi connectivity index (χ0v) is 36.6. The Labute approximate surface area is 368 Å². The molecule has 63 heavy (non-hydrogen) atoms. The van der Waals surface area contributed by atoms with E-state index in [1.54, 1.807) is 18.3 Å². The fraction of sp³-hybridized carbons (Fsp3) is 0.542. The van der Waals surface area contributed by atoms with Crippen LogP contribution in [-0.4, -0.2) is 114 Å². The molecule has 0 spiro atoms. The highest BCUT2D eigenvalue weighted by Gasteiger charge is 2.38. The van der Waals surface area contributed by atoms with Crippen molar-refractivity contribution >= 4 is 46.0 Å². The highest BCUT2D eigenvalue weighted by Crippen LogP contribution is 2.41. The predicted molar refractivity (Wildman–Crippen MR) is 241 cm³/mol. The molecular formula is C48H60FN9O5. The zero-order chi connectivity index (χ0) is 43.6. The second kappa shape index (κ2) is 18.7. The number of aromatic nitrogens is 4. The highest BCUT2D eigenvalue weighted by atomic mass is 19.1. The quantitative estimate of drug-likeness (QED) is 0.0649. The molecule has 15 heteroatoms. The van der Waals surface area contributed by atoms with Crippen molar-refractivity contribution < 1.29 is 28.3 Å². The first-order chi connectivity index (χ1) is 30.7. The van der Waals surface area contributed by atoms with Gasteiger partial charge in [0.2, 0.25) is 6.41 Å². The Morgan fingerprint density at radius 3 is 2.54 bits per heavy atom. The van der Waals surface area contributed by atoms with Gasteiger partial charge in [-0.2, -0.15) is 9.97 Å². The van der Waals surface area contributed by atoms with Gasteiger partial charge in [0.1, 0.15) is 41.4 Å². The molecular weight excluding hydrogens is 802 g/mol. The second-order valence-corrected chi connectivity index (χ2v) is 18.5. The molecule has 0 aliphatic carbocycles. The summed E-state index contributed by atoms with van der Waals surface area (Å²) in [6, 6.07) is 12.1. The Morgan fingerprint density at radius 2 is 1.81 bits per heavy atom. The van der Waals surface area contributed by atoms with E-state index in [-0.39, 0.29) is 40.7 Å². The topological polar surface area (TPSA) is 162 Å². The van der Waals surface area contributed by atoms with Crippen molar-refractivity contribution in [3.05, 3.63) is 59.7 Å². The molecule has 3 aromatic heterocycles. The van der Waals surface area contributed by atoms with Crippen LogP contribution in [0.2, 0.25) is 0 Å². The Balaban J connectivity index is 0.841. The first-order valence-corrected chi connectivity index (χ1v) is 23.0. The number of halogens is 1. The zero-order valence-electron chi connectivity index (χ0n) is 36.6. The monoisotopic (exact) mass is 861 g/mol. The van der Waals surface area contributed by atoms with Gasteiger partial charge in [-0.15, -0.1) is 0 Å². The number of anilines is 2. The van der Waals surface area contributed by atoms with E-state index in [0.717, 1.165) is 112 Å². The number of aromatic hydroxyl groups is 1. The number of aryl methyl sites for hydroxylation is 1. The minimum absolute atomic E-state index is 0.0511. The van der Waals surface area contributed by atoms with Crippen molar-refractivity contribution in [2.75, 3.05) is 68.8 Å². The van der Waals surface area contributed by atoms with Crippen molar-refractivity contribution in [2.24, 2.45) is 23.7 Å². The van der Waals surface area contributed by atoms with Crippen LogP contribution in [0.3, 0.4) is 0 Å². The molecule has 4 aliphatic heterocycles. The van der Waals surface area contributed by atoms with Crippen molar-refractivity contribution in [1.29, 1.82) is 0 Å². The molecule has 5 aromatic rings. The first kappa shape index (κ1) is 42.9. The van der Waals surface area contributed by atoms with Gasteiger partial charge in [0.15, 0.2) is 11.6 Å². The van der Waals surface area contributed by atoms with Gasteiger partial charge < -0.3 is 39.6 Å². The molecule has 7 heterocycles. The Kier molecular flexibility index (Phi) is 12.8. The summed E-state index contributed by atoms with van der Waals surface area (Å²) < 4.78 is 29.2. The Hall–Kier alpha value is -5.41. The number of piperidine rings is 1. The van der Waals surface area contributed by atoms with E-state index < -0.39 is 5.82 Å². The molecule has 14 nitrogen and oxygen atoms in total. The van der Waals surface area contributed by atoms with Gasteiger partial charge in [-0.3, -0.25) is 14.7 Å². The molecule has 9 rings (SSSR count). The summed E-state index contributed by atoms with van der Waals surface area (Å²) in [6.07, 6.45) is 9.94. The SMILES string of the molecule is CCc1cccc2cc(O)cc(-c3ncc4c(N5CC6CCC(C5)N6)nc(OCCN5CCC(C6CN(c7cc(C(C(C)C)C(C=O)CCCNC=O)on7)C6)CC5)nc4c3F)c12. The summed E-state index contributed by atoms with van der Waals surface area (Å²) in [6.45, 7) is 13.3. The maximum atomic E-state index is 17.0. The fourth-order valence-electron chi connectivity index (χ4n) is 10.8. The van der Waals surface area contributed by atoms with E-state index in [1.807, 2.05) is 24.3 Å². The molecule has 0 radical (unpaired) electrons. The maximum absolute atomic E-state index is 17.0. The van der Waals surface area contributed by atoms with E-state index >= 15 is 4.39 Å². The van der Waals surface area contributed by atoms with Crippen LogP contribution in [0.25, 0.3) is 32.9 Å². The van der Waals surface area contributed by atoms with Crippen molar-refractivity contribution in [3.8, 4) is 23.0 Å². The molecule has 334 valence electrons. The number of phenols is 1. The molecule has 2 bridgehead atoms. The van der Waals surface area contributed by atoms with Gasteiger partial charge in [0.05, 0.1) is 5.39 Å². The number of pyridine rings is 1. The molecule has 4 fully saturated rings. The smallest absolute Gasteiger partial charge is 0.319 e. The number of hydrogen-bond acceptors (Lipinski definition) is 13. The van der Waals surface area contributed by atoms with E-state index in [1.165, 1.54) is 0 Å². The minimum atomic E-state index is -0.555. The standard InChI is InChI=1S/C48H60FN9O5/c1-4-30-7-5-8-32-19-37(61)20-38(43(30)32)45-44(49)46-39(22-51-45)47(58-25-35-10-11-36(26-58)52-35)54-48(53-46)62-18-17-56-15-12-31(13-16-56)34-23-57(24-34)41-21-40(63-55-41)42(29(2)3)33(27-59)9-6-14-50-28-60/h5,7-8,19-22,27-29,31,33-36,42,52,61H,4,6,9-18,23-26H2,1-3H3,(H,50,60). The summed E-state index contributed by atoms with van der Waals surface area (Å²) in [4.78, 5) is 44.0. The number of carbonyl (C=O) groups is 2. The van der Waals surface area contributed by atoms with Gasteiger partial charge in [-0.25, -0.2) is 4.39 Å². The van der Waals surface area contributed by atoms with Crippen LogP contribution >= 0.6 is 0 Å². The third-order valence-electron chi connectivity index (χ3n) is 14.2. The number of benzene rings is 2. The lowest BCUT2D eigenvalue weighted by Crippen LogP contribution is -2.52. The number of likely N-dealkylation sites (tertiary alicyclic amines) is 1. The summed E-state index contributed by atoms with van der Waals surface area (Å²) in [7, 11) is 0. The number of phenolic OH excluding ortho intramolecular Hbond substituents is 1. The number of rotatable bonds is 18. The molecule has 4 unspecified atom stereocenters. The molecule has 2 aromatic carbocycles. The molecule has 4 saturated heterocycles. The Bertz CT molecular complexity index is 2400. The Morgan fingerprint density at radius 1 is 1.02 bits per heavy atom. The average molecular weight is 862 g/mol. The normalized spacial score (nSPS) is 20.7. The lowest BCUT2D eigenvalue weighted by Gasteiger charge is -2.46. The maximum Gasteiger partial charge on any atom is 0.319 e. The van der Waals surface area contributed by atoms with E-state index in [9.17, 15) is 14.7 Å². The molecule has 4 aliphatic rings. The minimum Gasteiger partial charge on any atom is -0.508 e. The number of amides is 1. The van der Waals surface area contributed by atoms with Gasteiger partial charge in [-0.1, -0.05) is 44.1 Å². The number of ether oxygens (including phenoxy) is 1. The number of carbonyl (C=O) groups excluding carboxylic acids is 2. The number of nitrogens with one attached hydrogen (secondary N) is 2. The molecule has 3 N–H and O–H groups in total. The van der Waals surface area contributed by atoms with Gasteiger partial charge in [-0.05, 0) is 104 Å². The van der Waals surface area contributed by atoms with Crippen LogP contribution < -0.4 is 25.2 Å². The summed E-state index contributed by atoms with van der Waals surface area (Å²) in [5.41, 5.74) is 1.89. The van der Waals surface area contributed by atoms with Crippen molar-refractivity contribution in [2.45, 2.75) is 83.7 Å². The number of piperazine rings is 1. The van der Waals surface area contributed by atoms with E-state index in [4.69, 9.17) is 24.2 Å². The largest absolute Gasteiger partial charge is 0.508 e. The van der Waals surface area contributed by atoms with Gasteiger partial charge >= 0.3 is 6.01 Å². The van der Waals surface area contributed by atoms with Crippen LogP contribution in [0.1, 0.15) is 76.5 Å². The van der Waals surface area contributed by atoms with Crippen LogP contribution in [0.15, 0.2) is 47.1 Å². The third-order valence-corrected chi connectivity index (χ3v) is 14.2. The first-order valence-electron chi connectivity index (χ1n) is 23.0. The van der Waals surface area contributed by atoms with Crippen molar-refractivity contribution in [1.82, 2.24) is 35.6 Å². The number of hydrogen-bond donors (Lipinski definition) is 3. The molecule has 1 amide bonds. The van der Waals surface area contributed by atoms with Crippen LogP contribution in [0.5, 0.6) is 11.8 Å². The summed E-state index contributed by atoms with van der Waals surface area (Å²) in [5.74, 6) is 2.86. The van der Waals surface area contributed by atoms with E-state index in [0.29, 0.717) is 73.2 Å². The number of aldehydes is 1. The molecule has 4 atom stereocenters. The second-order valence-electron chi connectivity index (χ2n) is 18.5. The lowest BCUT2D eigenvalue weighted by atomic mass is 9.79. The van der Waals surface area contributed by atoms with Crippen LogP contribution in [0.4, 0.5) is 16.0 Å². The van der Waals surface area contributed by atoms with Gasteiger partial charge in [0, 0.05) is 81.0 Å². The lowest BCUT2D eigenvalue weighted by molar-refractivity contribution is -0.112. The fourth-order valence-corrected chi connectivity index (χ4v) is 10.8. The third kappa shape index (κ3) is 8.91.